The first-order valence-electron chi connectivity index (χ1n) is 9.47. The molecule has 0 fully saturated rings. The van der Waals surface area contributed by atoms with E-state index in [1.807, 2.05) is 19.1 Å². The summed E-state index contributed by atoms with van der Waals surface area (Å²) in [6.45, 7) is 8.88. The van der Waals surface area contributed by atoms with Crippen molar-refractivity contribution in [2.75, 3.05) is 6.61 Å². The predicted molar refractivity (Wildman–Crippen MR) is 107 cm³/mol. The molecule has 0 unspecified atom stereocenters. The Kier molecular flexibility index (Phi) is 5.65. The van der Waals surface area contributed by atoms with Gasteiger partial charge in [0.1, 0.15) is 17.9 Å². The van der Waals surface area contributed by atoms with E-state index in [-0.39, 0.29) is 5.63 Å². The third-order valence-corrected chi connectivity index (χ3v) is 5.10. The lowest BCUT2D eigenvalue weighted by Gasteiger charge is -2.11. The molecule has 2 aromatic rings. The smallest absolute Gasteiger partial charge is 0.339 e. The van der Waals surface area contributed by atoms with E-state index in [1.54, 1.807) is 0 Å². The van der Waals surface area contributed by atoms with Crippen LogP contribution in [0, 0.1) is 6.92 Å². The van der Waals surface area contributed by atoms with E-state index in [4.69, 9.17) is 9.15 Å². The summed E-state index contributed by atoms with van der Waals surface area (Å²) in [6, 6.07) is 4.04. The number of fused-ring (bicyclic) bond motifs is 3. The van der Waals surface area contributed by atoms with Gasteiger partial charge < -0.3 is 9.15 Å². The van der Waals surface area contributed by atoms with Crippen LogP contribution in [-0.2, 0) is 12.8 Å². The summed E-state index contributed by atoms with van der Waals surface area (Å²) >= 11 is 0. The van der Waals surface area contributed by atoms with Gasteiger partial charge in [0.2, 0.25) is 0 Å². The van der Waals surface area contributed by atoms with Crippen LogP contribution in [-0.4, -0.2) is 6.61 Å². The second-order valence-electron chi connectivity index (χ2n) is 7.45. The van der Waals surface area contributed by atoms with E-state index in [2.05, 4.69) is 32.9 Å². The maximum absolute atomic E-state index is 12.2. The Hall–Kier alpha value is -2.29. The number of ether oxygens (including phenoxy) is 1. The monoisotopic (exact) mass is 352 g/mol. The minimum Gasteiger partial charge on any atom is -0.489 e. The Morgan fingerprint density at radius 1 is 1.15 bits per heavy atom. The maximum Gasteiger partial charge on any atom is 0.339 e. The van der Waals surface area contributed by atoms with Crippen molar-refractivity contribution in [1.82, 2.24) is 0 Å². The van der Waals surface area contributed by atoms with E-state index in [0.717, 1.165) is 54.4 Å². The molecule has 0 atom stereocenters. The zero-order valence-electron chi connectivity index (χ0n) is 16.3. The molecule has 3 heteroatoms. The summed E-state index contributed by atoms with van der Waals surface area (Å²) in [5.74, 6) is 0.784. The highest BCUT2D eigenvalue weighted by Gasteiger charge is 2.21. The maximum atomic E-state index is 12.2. The van der Waals surface area contributed by atoms with Gasteiger partial charge in [-0.15, -0.1) is 0 Å². The molecule has 0 radical (unpaired) electrons. The summed E-state index contributed by atoms with van der Waals surface area (Å²) < 4.78 is 11.6. The Labute approximate surface area is 155 Å². The number of aryl methyl sites for hydroxylation is 2. The molecule has 3 rings (SSSR count). The van der Waals surface area contributed by atoms with Gasteiger partial charge >= 0.3 is 5.63 Å². The molecule has 0 saturated heterocycles. The second kappa shape index (κ2) is 7.94. The first-order chi connectivity index (χ1) is 12.5. The summed E-state index contributed by atoms with van der Waals surface area (Å²) in [4.78, 5) is 12.2. The van der Waals surface area contributed by atoms with Gasteiger partial charge in [-0.25, -0.2) is 4.79 Å². The third kappa shape index (κ3) is 3.92. The van der Waals surface area contributed by atoms with Crippen molar-refractivity contribution >= 4 is 11.0 Å². The molecule has 0 amide bonds. The average molecular weight is 352 g/mol. The summed E-state index contributed by atoms with van der Waals surface area (Å²) in [5.41, 5.74) is 6.11. The van der Waals surface area contributed by atoms with Crippen molar-refractivity contribution in [2.45, 2.75) is 59.8 Å². The van der Waals surface area contributed by atoms with Crippen LogP contribution >= 0.6 is 0 Å². The molecule has 138 valence electrons. The van der Waals surface area contributed by atoms with Crippen LogP contribution in [0.15, 0.2) is 44.6 Å². The Morgan fingerprint density at radius 2 is 1.92 bits per heavy atom. The predicted octanol–water partition coefficient (Wildman–Crippen LogP) is 5.66. The van der Waals surface area contributed by atoms with Gasteiger partial charge in [-0.1, -0.05) is 17.2 Å². The largest absolute Gasteiger partial charge is 0.489 e. The summed E-state index contributed by atoms with van der Waals surface area (Å²) in [7, 11) is 0. The van der Waals surface area contributed by atoms with E-state index in [0.29, 0.717) is 12.2 Å². The van der Waals surface area contributed by atoms with Gasteiger partial charge in [0.25, 0.3) is 0 Å². The Balaban J connectivity index is 1.75. The van der Waals surface area contributed by atoms with Crippen LogP contribution < -0.4 is 10.4 Å². The van der Waals surface area contributed by atoms with Gasteiger partial charge in [0.05, 0.1) is 0 Å². The molecule has 1 heterocycles. The topological polar surface area (TPSA) is 39.4 Å². The molecule has 0 N–H and O–H groups in total. The molecule has 3 nitrogen and oxygen atoms in total. The van der Waals surface area contributed by atoms with Crippen molar-refractivity contribution < 1.29 is 9.15 Å². The molecular weight excluding hydrogens is 324 g/mol. The molecule has 0 bridgehead atoms. The molecule has 1 aliphatic rings. The van der Waals surface area contributed by atoms with E-state index < -0.39 is 0 Å². The fourth-order valence-corrected chi connectivity index (χ4v) is 3.58. The van der Waals surface area contributed by atoms with Crippen molar-refractivity contribution in [3.63, 3.8) is 0 Å². The van der Waals surface area contributed by atoms with Crippen molar-refractivity contribution in [1.29, 1.82) is 0 Å². The summed E-state index contributed by atoms with van der Waals surface area (Å²) in [5, 5.41) is 1.07. The highest BCUT2D eigenvalue weighted by Crippen LogP contribution is 2.33. The molecule has 0 saturated carbocycles. The fraction of sp³-hybridized carbons (Fsp3) is 0.435. The van der Waals surface area contributed by atoms with Gasteiger partial charge in [0.15, 0.2) is 0 Å². The molecular formula is C23H28O3. The third-order valence-electron chi connectivity index (χ3n) is 5.10. The van der Waals surface area contributed by atoms with Crippen molar-refractivity contribution in [2.24, 2.45) is 0 Å². The van der Waals surface area contributed by atoms with Gasteiger partial charge in [-0.05, 0) is 83.6 Å². The van der Waals surface area contributed by atoms with Crippen molar-refractivity contribution in [3.05, 3.63) is 62.5 Å². The zero-order chi connectivity index (χ0) is 18.7. The fourth-order valence-electron chi connectivity index (χ4n) is 3.58. The van der Waals surface area contributed by atoms with Crippen LogP contribution in [0.25, 0.3) is 11.0 Å². The van der Waals surface area contributed by atoms with Gasteiger partial charge in [-0.3, -0.25) is 0 Å². The minimum atomic E-state index is -0.180. The van der Waals surface area contributed by atoms with Crippen LogP contribution in [0.3, 0.4) is 0 Å². The Morgan fingerprint density at radius 3 is 2.69 bits per heavy atom. The van der Waals surface area contributed by atoms with Crippen molar-refractivity contribution in [3.8, 4) is 5.75 Å². The number of benzene rings is 1. The van der Waals surface area contributed by atoms with Crippen LogP contribution in [0.5, 0.6) is 5.75 Å². The lowest BCUT2D eigenvalue weighted by atomic mass is 10.0. The van der Waals surface area contributed by atoms with Crippen LogP contribution in [0.2, 0.25) is 0 Å². The number of rotatable bonds is 6. The van der Waals surface area contributed by atoms with E-state index in [1.165, 1.54) is 16.7 Å². The molecule has 0 spiro atoms. The standard InChI is InChI=1S/C23H28O3/c1-15(2)7-5-8-16(3)13-14-25-21-12-11-19-18-9-6-10-20(18)23(24)26-22(19)17(21)4/h7,11-13H,5-6,8-10,14H2,1-4H3. The number of allylic oxidation sites excluding steroid dienone is 3. The molecule has 1 aliphatic carbocycles. The van der Waals surface area contributed by atoms with Crippen LogP contribution in [0.4, 0.5) is 0 Å². The van der Waals surface area contributed by atoms with E-state index in [9.17, 15) is 4.79 Å². The Bertz CT molecular complexity index is 925. The lowest BCUT2D eigenvalue weighted by Crippen LogP contribution is -2.08. The van der Waals surface area contributed by atoms with Gasteiger partial charge in [0, 0.05) is 16.5 Å². The average Bonchev–Trinajstić information content (AvgIpc) is 3.08. The lowest BCUT2D eigenvalue weighted by molar-refractivity contribution is 0.358. The molecule has 26 heavy (non-hydrogen) atoms. The SMILES string of the molecule is CC(C)=CCCC(C)=CCOc1ccc2c3c(c(=O)oc2c1C)CCC3. The molecule has 1 aromatic heterocycles. The molecule has 0 aliphatic heterocycles. The zero-order valence-corrected chi connectivity index (χ0v) is 16.3. The minimum absolute atomic E-state index is 0.180. The first-order valence-corrected chi connectivity index (χ1v) is 9.47. The number of hydrogen-bond acceptors (Lipinski definition) is 3. The highest BCUT2D eigenvalue weighted by atomic mass is 16.5. The first kappa shape index (κ1) is 18.5. The quantitative estimate of drug-likeness (QED) is 0.497. The second-order valence-corrected chi connectivity index (χ2v) is 7.45. The normalized spacial score (nSPS) is 13.8. The summed E-state index contributed by atoms with van der Waals surface area (Å²) in [6.07, 6.45) is 9.33. The van der Waals surface area contributed by atoms with Crippen LogP contribution in [0.1, 0.15) is 56.7 Å². The molecule has 1 aromatic carbocycles. The van der Waals surface area contributed by atoms with Gasteiger partial charge in [-0.2, -0.15) is 0 Å². The highest BCUT2D eigenvalue weighted by molar-refractivity contribution is 5.86. The number of hydrogen-bond donors (Lipinski definition) is 0. The van der Waals surface area contributed by atoms with E-state index >= 15 is 0 Å².